The van der Waals surface area contributed by atoms with Gasteiger partial charge < -0.3 is 15.4 Å². The van der Waals surface area contributed by atoms with E-state index in [4.69, 9.17) is 10.5 Å². The van der Waals surface area contributed by atoms with Crippen LogP contribution in [0.2, 0.25) is 0 Å². The topological polar surface area (TPSA) is 38.5 Å². The van der Waals surface area contributed by atoms with Crippen molar-refractivity contribution in [1.82, 2.24) is 0 Å². The molecule has 0 saturated carbocycles. The number of hydrogen-bond donors (Lipinski definition) is 1. The zero-order valence-corrected chi connectivity index (χ0v) is 9.66. The SMILES string of the molecule is Cc1cc(N(C)C2CCOC2)c(N)cc1F. The maximum Gasteiger partial charge on any atom is 0.128 e. The number of halogens is 1. The average Bonchev–Trinajstić information content (AvgIpc) is 2.75. The molecule has 4 heteroatoms. The van der Waals surface area contributed by atoms with Crippen LogP contribution in [0.15, 0.2) is 12.1 Å². The summed E-state index contributed by atoms with van der Waals surface area (Å²) in [5.41, 5.74) is 7.82. The molecule has 1 aliphatic heterocycles. The third kappa shape index (κ3) is 1.97. The molecule has 1 aromatic carbocycles. The molecular weight excluding hydrogens is 207 g/mol. The van der Waals surface area contributed by atoms with Crippen molar-refractivity contribution in [2.24, 2.45) is 0 Å². The van der Waals surface area contributed by atoms with Crippen molar-refractivity contribution in [3.63, 3.8) is 0 Å². The molecule has 1 aliphatic rings. The van der Waals surface area contributed by atoms with Gasteiger partial charge in [0.15, 0.2) is 0 Å². The van der Waals surface area contributed by atoms with Gasteiger partial charge in [-0.05, 0) is 31.0 Å². The van der Waals surface area contributed by atoms with E-state index in [0.29, 0.717) is 23.9 Å². The van der Waals surface area contributed by atoms with Gasteiger partial charge in [0, 0.05) is 13.7 Å². The van der Waals surface area contributed by atoms with Crippen LogP contribution in [0.25, 0.3) is 0 Å². The second kappa shape index (κ2) is 4.29. The zero-order valence-electron chi connectivity index (χ0n) is 9.66. The highest BCUT2D eigenvalue weighted by molar-refractivity contribution is 5.69. The predicted molar refractivity (Wildman–Crippen MR) is 63.2 cm³/mol. The van der Waals surface area contributed by atoms with Crippen LogP contribution in [0.3, 0.4) is 0 Å². The minimum Gasteiger partial charge on any atom is -0.397 e. The molecular formula is C12H17FN2O. The fourth-order valence-corrected chi connectivity index (χ4v) is 2.01. The van der Waals surface area contributed by atoms with E-state index < -0.39 is 0 Å². The third-order valence-electron chi connectivity index (χ3n) is 3.14. The van der Waals surface area contributed by atoms with E-state index >= 15 is 0 Å². The molecule has 1 unspecified atom stereocenters. The van der Waals surface area contributed by atoms with Crippen LogP contribution in [0.1, 0.15) is 12.0 Å². The average molecular weight is 224 g/mol. The van der Waals surface area contributed by atoms with Crippen molar-refractivity contribution in [2.75, 3.05) is 30.9 Å². The largest absolute Gasteiger partial charge is 0.397 e. The van der Waals surface area contributed by atoms with Gasteiger partial charge in [-0.25, -0.2) is 4.39 Å². The van der Waals surface area contributed by atoms with Crippen molar-refractivity contribution < 1.29 is 9.13 Å². The summed E-state index contributed by atoms with van der Waals surface area (Å²) < 4.78 is 18.6. The number of nitrogen functional groups attached to an aromatic ring is 1. The Hall–Kier alpha value is -1.29. The molecule has 1 aromatic rings. The van der Waals surface area contributed by atoms with Gasteiger partial charge in [0.1, 0.15) is 5.82 Å². The molecule has 0 aliphatic carbocycles. The number of anilines is 2. The fraction of sp³-hybridized carbons (Fsp3) is 0.500. The molecule has 1 heterocycles. The van der Waals surface area contributed by atoms with Gasteiger partial charge in [-0.3, -0.25) is 0 Å². The lowest BCUT2D eigenvalue weighted by Gasteiger charge is -2.27. The molecule has 1 saturated heterocycles. The third-order valence-corrected chi connectivity index (χ3v) is 3.14. The Morgan fingerprint density at radius 2 is 2.25 bits per heavy atom. The fourth-order valence-electron chi connectivity index (χ4n) is 2.01. The molecule has 0 radical (unpaired) electrons. The first kappa shape index (κ1) is 11.2. The molecule has 3 nitrogen and oxygen atoms in total. The van der Waals surface area contributed by atoms with Crippen LogP contribution >= 0.6 is 0 Å². The Morgan fingerprint density at radius 3 is 2.88 bits per heavy atom. The van der Waals surface area contributed by atoms with E-state index in [-0.39, 0.29) is 5.82 Å². The summed E-state index contributed by atoms with van der Waals surface area (Å²) in [6, 6.07) is 3.52. The lowest BCUT2D eigenvalue weighted by Crippen LogP contribution is -2.32. The lowest BCUT2D eigenvalue weighted by molar-refractivity contribution is 0.193. The van der Waals surface area contributed by atoms with Gasteiger partial charge in [-0.1, -0.05) is 0 Å². The van der Waals surface area contributed by atoms with Crippen LogP contribution in [0.4, 0.5) is 15.8 Å². The first-order chi connectivity index (χ1) is 7.59. The molecule has 16 heavy (non-hydrogen) atoms. The Bertz CT molecular complexity index is 389. The molecule has 0 bridgehead atoms. The molecule has 88 valence electrons. The summed E-state index contributed by atoms with van der Waals surface area (Å²) in [6.07, 6.45) is 0.992. The standard InChI is InChI=1S/C12H17FN2O/c1-8-5-12(11(14)6-10(8)13)15(2)9-3-4-16-7-9/h5-6,9H,3-4,7,14H2,1-2H3. The number of aryl methyl sites for hydroxylation is 1. The van der Waals surface area contributed by atoms with E-state index in [9.17, 15) is 4.39 Å². The predicted octanol–water partition coefficient (Wildman–Crippen LogP) is 1.94. The van der Waals surface area contributed by atoms with Crippen molar-refractivity contribution in [2.45, 2.75) is 19.4 Å². The van der Waals surface area contributed by atoms with Crippen LogP contribution in [0.5, 0.6) is 0 Å². The van der Waals surface area contributed by atoms with Gasteiger partial charge in [0.05, 0.1) is 24.0 Å². The van der Waals surface area contributed by atoms with Gasteiger partial charge >= 0.3 is 0 Å². The van der Waals surface area contributed by atoms with E-state index in [1.807, 2.05) is 7.05 Å². The van der Waals surface area contributed by atoms with E-state index in [2.05, 4.69) is 4.90 Å². The van der Waals surface area contributed by atoms with Gasteiger partial charge in [-0.15, -0.1) is 0 Å². The highest BCUT2D eigenvalue weighted by Gasteiger charge is 2.22. The van der Waals surface area contributed by atoms with Gasteiger partial charge in [-0.2, -0.15) is 0 Å². The van der Waals surface area contributed by atoms with Gasteiger partial charge in [0.25, 0.3) is 0 Å². The minimum atomic E-state index is -0.252. The maximum atomic E-state index is 13.3. The molecule has 0 spiro atoms. The summed E-state index contributed by atoms with van der Waals surface area (Å²) >= 11 is 0. The number of nitrogens with two attached hydrogens (primary N) is 1. The Balaban J connectivity index is 2.28. The number of rotatable bonds is 2. The molecule has 2 rings (SSSR count). The normalized spacial score (nSPS) is 20.1. The number of benzene rings is 1. The number of ether oxygens (including phenoxy) is 1. The van der Waals surface area contributed by atoms with E-state index in [0.717, 1.165) is 18.7 Å². The number of nitrogens with zero attached hydrogens (tertiary/aromatic N) is 1. The van der Waals surface area contributed by atoms with Crippen LogP contribution in [-0.4, -0.2) is 26.3 Å². The van der Waals surface area contributed by atoms with Crippen LogP contribution < -0.4 is 10.6 Å². The smallest absolute Gasteiger partial charge is 0.128 e. The van der Waals surface area contributed by atoms with Crippen LogP contribution in [0, 0.1) is 12.7 Å². The zero-order chi connectivity index (χ0) is 11.7. The highest BCUT2D eigenvalue weighted by Crippen LogP contribution is 2.28. The van der Waals surface area contributed by atoms with E-state index in [1.54, 1.807) is 13.0 Å². The Labute approximate surface area is 95.0 Å². The quantitative estimate of drug-likeness (QED) is 0.780. The monoisotopic (exact) mass is 224 g/mol. The first-order valence-corrected chi connectivity index (χ1v) is 5.46. The second-order valence-electron chi connectivity index (χ2n) is 4.29. The summed E-state index contributed by atoms with van der Waals surface area (Å²) in [6.45, 7) is 3.25. The van der Waals surface area contributed by atoms with E-state index in [1.165, 1.54) is 6.07 Å². The number of likely N-dealkylation sites (N-methyl/N-ethyl adjacent to an activating group) is 1. The van der Waals surface area contributed by atoms with Crippen molar-refractivity contribution in [3.8, 4) is 0 Å². The maximum absolute atomic E-state index is 13.3. The van der Waals surface area contributed by atoms with Crippen molar-refractivity contribution in [3.05, 3.63) is 23.5 Å². The molecule has 0 aromatic heterocycles. The van der Waals surface area contributed by atoms with Gasteiger partial charge in [0.2, 0.25) is 0 Å². The summed E-state index contributed by atoms with van der Waals surface area (Å²) in [4.78, 5) is 2.08. The summed E-state index contributed by atoms with van der Waals surface area (Å²) in [5, 5.41) is 0. The minimum absolute atomic E-state index is 0.252. The number of hydrogen-bond acceptors (Lipinski definition) is 3. The lowest BCUT2D eigenvalue weighted by atomic mass is 10.1. The Kier molecular flexibility index (Phi) is 3.01. The molecule has 0 amide bonds. The molecule has 1 fully saturated rings. The van der Waals surface area contributed by atoms with Crippen LogP contribution in [-0.2, 0) is 4.74 Å². The van der Waals surface area contributed by atoms with Crippen molar-refractivity contribution >= 4 is 11.4 Å². The second-order valence-corrected chi connectivity index (χ2v) is 4.29. The highest BCUT2D eigenvalue weighted by atomic mass is 19.1. The summed E-state index contributed by atoms with van der Waals surface area (Å²) in [5.74, 6) is -0.252. The molecule has 1 atom stereocenters. The Morgan fingerprint density at radius 1 is 1.50 bits per heavy atom. The summed E-state index contributed by atoms with van der Waals surface area (Å²) in [7, 11) is 1.97. The molecule has 2 N–H and O–H groups in total. The first-order valence-electron chi connectivity index (χ1n) is 5.46. The van der Waals surface area contributed by atoms with Crippen molar-refractivity contribution in [1.29, 1.82) is 0 Å².